The Morgan fingerprint density at radius 3 is 2.62 bits per heavy atom. The van der Waals surface area contributed by atoms with Crippen molar-refractivity contribution in [1.82, 2.24) is 4.98 Å². The highest BCUT2D eigenvalue weighted by Gasteiger charge is 2.35. The van der Waals surface area contributed by atoms with Crippen LogP contribution in [-0.2, 0) is 16.0 Å². The number of hydrogen-bond acceptors (Lipinski definition) is 3. The molecule has 5 heteroatoms. The predicted molar refractivity (Wildman–Crippen MR) is 114 cm³/mol. The number of fused-ring (bicyclic) bond motifs is 3. The molecule has 0 saturated carbocycles. The van der Waals surface area contributed by atoms with Gasteiger partial charge in [-0.25, -0.2) is 0 Å². The number of nitrogens with zero attached hydrogens (tertiary/aromatic N) is 1. The number of carbonyl (C=O) groups is 2. The number of carboxylic acids is 1. The molecule has 1 aliphatic rings. The molecular formula is C24H24N2O3. The van der Waals surface area contributed by atoms with E-state index in [2.05, 4.69) is 9.98 Å². The second-order valence-corrected chi connectivity index (χ2v) is 7.68. The van der Waals surface area contributed by atoms with Gasteiger partial charge in [0, 0.05) is 47.6 Å². The zero-order chi connectivity index (χ0) is 20.4. The summed E-state index contributed by atoms with van der Waals surface area (Å²) in [6.45, 7) is 2.36. The first kappa shape index (κ1) is 19.1. The third kappa shape index (κ3) is 3.73. The number of para-hydroxylation sites is 1. The highest BCUT2D eigenvalue weighted by molar-refractivity contribution is 5.99. The summed E-state index contributed by atoms with van der Waals surface area (Å²) in [5, 5.41) is 10.7. The van der Waals surface area contributed by atoms with Crippen LogP contribution >= 0.6 is 0 Å². The minimum atomic E-state index is -0.940. The molecule has 0 aliphatic carbocycles. The Morgan fingerprint density at radius 2 is 1.86 bits per heavy atom. The van der Waals surface area contributed by atoms with Gasteiger partial charge in [-0.05, 0) is 23.6 Å². The summed E-state index contributed by atoms with van der Waals surface area (Å²) in [7, 11) is 0. The molecule has 29 heavy (non-hydrogen) atoms. The van der Waals surface area contributed by atoms with Crippen molar-refractivity contribution in [2.24, 2.45) is 10.9 Å². The van der Waals surface area contributed by atoms with E-state index in [1.54, 1.807) is 0 Å². The smallest absolute Gasteiger partial charge is 0.318 e. The second kappa shape index (κ2) is 8.03. The lowest BCUT2D eigenvalue weighted by molar-refractivity contribution is -0.137. The molecule has 5 nitrogen and oxygen atoms in total. The van der Waals surface area contributed by atoms with Crippen LogP contribution in [0.5, 0.6) is 0 Å². The average Bonchev–Trinajstić information content (AvgIpc) is 3.00. The lowest BCUT2D eigenvalue weighted by Crippen LogP contribution is -2.23. The SMILES string of the molecule is CC(C(=O)CCc1ccccc1)C1CN=CC(C(=O)O)c2[nH]c3ccccc3c21. The fourth-order valence-corrected chi connectivity index (χ4v) is 4.23. The molecule has 1 aromatic heterocycles. The largest absolute Gasteiger partial charge is 0.480 e. The number of benzene rings is 2. The fraction of sp³-hybridized carbons (Fsp3) is 0.292. The molecule has 3 aromatic rings. The first-order valence-corrected chi connectivity index (χ1v) is 9.96. The van der Waals surface area contributed by atoms with Crippen molar-refractivity contribution in [2.75, 3.05) is 6.54 Å². The number of Topliss-reactive ketones (excluding diaryl/α,β-unsaturated/α-hetero) is 1. The summed E-state index contributed by atoms with van der Waals surface area (Å²) in [6, 6.07) is 17.8. The number of nitrogens with one attached hydrogen (secondary N) is 1. The predicted octanol–water partition coefficient (Wildman–Crippen LogP) is 4.34. The van der Waals surface area contributed by atoms with Crippen molar-refractivity contribution in [3.63, 3.8) is 0 Å². The molecule has 2 heterocycles. The Labute approximate surface area is 169 Å². The molecule has 0 radical (unpaired) electrons. The van der Waals surface area contributed by atoms with Crippen LogP contribution < -0.4 is 0 Å². The second-order valence-electron chi connectivity index (χ2n) is 7.68. The topological polar surface area (TPSA) is 82.5 Å². The van der Waals surface area contributed by atoms with Crippen molar-refractivity contribution < 1.29 is 14.7 Å². The van der Waals surface area contributed by atoms with Gasteiger partial charge in [-0.3, -0.25) is 14.6 Å². The van der Waals surface area contributed by atoms with E-state index in [9.17, 15) is 14.7 Å². The van der Waals surface area contributed by atoms with Gasteiger partial charge in [-0.15, -0.1) is 0 Å². The average molecular weight is 388 g/mol. The van der Waals surface area contributed by atoms with Crippen molar-refractivity contribution >= 4 is 28.9 Å². The molecule has 0 saturated heterocycles. The molecule has 4 rings (SSSR count). The standard InChI is InChI=1S/C24H24N2O3/c1-15(21(27)12-11-16-7-3-2-4-8-16)18-13-25-14-19(24(28)29)23-22(18)17-9-5-6-10-20(17)26-23/h2-10,14-15,18-19,26H,11-13H2,1H3,(H,28,29). The number of aryl methyl sites for hydroxylation is 1. The maximum Gasteiger partial charge on any atom is 0.318 e. The van der Waals surface area contributed by atoms with Crippen LogP contribution in [0.15, 0.2) is 59.6 Å². The summed E-state index contributed by atoms with van der Waals surface area (Å²) in [5.41, 5.74) is 3.61. The van der Waals surface area contributed by atoms with Crippen molar-refractivity contribution in [2.45, 2.75) is 31.6 Å². The van der Waals surface area contributed by atoms with Gasteiger partial charge in [0.2, 0.25) is 0 Å². The summed E-state index contributed by atoms with van der Waals surface area (Å²) in [4.78, 5) is 32.5. The maximum absolute atomic E-state index is 13.0. The normalized spacial score (nSPS) is 19.5. The lowest BCUT2D eigenvalue weighted by Gasteiger charge is -2.22. The van der Waals surface area contributed by atoms with Crippen LogP contribution in [0.4, 0.5) is 0 Å². The van der Waals surface area contributed by atoms with E-state index in [1.165, 1.54) is 6.21 Å². The summed E-state index contributed by atoms with van der Waals surface area (Å²) >= 11 is 0. The van der Waals surface area contributed by atoms with Crippen LogP contribution in [0.2, 0.25) is 0 Å². The van der Waals surface area contributed by atoms with Crippen LogP contribution in [0, 0.1) is 5.92 Å². The first-order valence-electron chi connectivity index (χ1n) is 9.96. The maximum atomic E-state index is 13.0. The van der Waals surface area contributed by atoms with Crippen LogP contribution in [0.25, 0.3) is 10.9 Å². The van der Waals surface area contributed by atoms with Crippen molar-refractivity contribution in [3.8, 4) is 0 Å². The molecule has 0 amide bonds. The minimum absolute atomic E-state index is 0.148. The molecule has 3 unspecified atom stereocenters. The number of aromatic nitrogens is 1. The summed E-state index contributed by atoms with van der Waals surface area (Å²) in [6.07, 6.45) is 2.67. The first-order chi connectivity index (χ1) is 14.1. The molecule has 2 aromatic carbocycles. The number of carbonyl (C=O) groups excluding carboxylic acids is 1. The summed E-state index contributed by atoms with van der Waals surface area (Å²) in [5.74, 6) is -1.98. The van der Waals surface area contributed by atoms with Crippen LogP contribution in [-0.4, -0.2) is 34.6 Å². The van der Waals surface area contributed by atoms with E-state index < -0.39 is 11.9 Å². The molecule has 148 valence electrons. The number of aliphatic imine (C=N–C) groups is 1. The lowest BCUT2D eigenvalue weighted by atomic mass is 9.80. The van der Waals surface area contributed by atoms with Crippen LogP contribution in [0.3, 0.4) is 0 Å². The third-order valence-corrected chi connectivity index (χ3v) is 5.90. The zero-order valence-electron chi connectivity index (χ0n) is 16.3. The Bertz CT molecular complexity index is 1070. The van der Waals surface area contributed by atoms with E-state index in [-0.39, 0.29) is 17.6 Å². The van der Waals surface area contributed by atoms with Gasteiger partial charge >= 0.3 is 5.97 Å². The third-order valence-electron chi connectivity index (χ3n) is 5.90. The van der Waals surface area contributed by atoms with E-state index in [0.29, 0.717) is 25.1 Å². The highest BCUT2D eigenvalue weighted by atomic mass is 16.4. The Hall–Kier alpha value is -3.21. The quantitative estimate of drug-likeness (QED) is 0.659. The van der Waals surface area contributed by atoms with Crippen molar-refractivity contribution in [1.29, 1.82) is 0 Å². The minimum Gasteiger partial charge on any atom is -0.480 e. The van der Waals surface area contributed by atoms with E-state index in [4.69, 9.17) is 0 Å². The molecule has 1 aliphatic heterocycles. The number of carboxylic acid groups (broad SMARTS) is 1. The fourth-order valence-electron chi connectivity index (χ4n) is 4.23. The monoisotopic (exact) mass is 388 g/mol. The zero-order valence-corrected chi connectivity index (χ0v) is 16.3. The molecule has 0 bridgehead atoms. The van der Waals surface area contributed by atoms with Gasteiger partial charge in [-0.1, -0.05) is 55.5 Å². The molecule has 0 fully saturated rings. The van der Waals surface area contributed by atoms with E-state index in [1.807, 2.05) is 61.5 Å². The number of aromatic amines is 1. The molecular weight excluding hydrogens is 364 g/mol. The number of ketones is 1. The Morgan fingerprint density at radius 1 is 1.14 bits per heavy atom. The molecule has 3 atom stereocenters. The Kier molecular flexibility index (Phi) is 5.30. The molecule has 0 spiro atoms. The van der Waals surface area contributed by atoms with Gasteiger partial charge in [0.1, 0.15) is 11.7 Å². The number of rotatable bonds is 6. The summed E-state index contributed by atoms with van der Waals surface area (Å²) < 4.78 is 0. The van der Waals surface area contributed by atoms with Gasteiger partial charge in [0.05, 0.1) is 0 Å². The van der Waals surface area contributed by atoms with E-state index >= 15 is 0 Å². The van der Waals surface area contributed by atoms with Gasteiger partial charge < -0.3 is 10.1 Å². The van der Waals surface area contributed by atoms with Crippen molar-refractivity contribution in [3.05, 3.63) is 71.4 Å². The number of hydrogen-bond donors (Lipinski definition) is 2. The van der Waals surface area contributed by atoms with Gasteiger partial charge in [0.25, 0.3) is 0 Å². The Balaban J connectivity index is 1.66. The number of aliphatic carboxylic acids is 1. The van der Waals surface area contributed by atoms with Gasteiger partial charge in [0.15, 0.2) is 0 Å². The highest BCUT2D eigenvalue weighted by Crippen LogP contribution is 2.39. The van der Waals surface area contributed by atoms with E-state index in [0.717, 1.165) is 22.0 Å². The number of H-pyrrole nitrogens is 1. The molecule has 2 N–H and O–H groups in total. The van der Waals surface area contributed by atoms with Gasteiger partial charge in [-0.2, -0.15) is 0 Å². The van der Waals surface area contributed by atoms with Crippen LogP contribution in [0.1, 0.15) is 42.0 Å².